The number of likely N-dealkylation sites (N-methyl/N-ethyl adjacent to an activating group) is 1. The highest BCUT2D eigenvalue weighted by atomic mass is 31.2. The maximum Gasteiger partial charge on any atom is 0.472 e. The van der Waals surface area contributed by atoms with Gasteiger partial charge in [-0.3, -0.25) is 13.8 Å². The Hall–Kier alpha value is -2.32. The molecule has 3 N–H and O–H groups in total. The summed E-state index contributed by atoms with van der Waals surface area (Å²) in [6.07, 6.45) is 84.2. The highest BCUT2D eigenvalue weighted by Crippen LogP contribution is 2.43. The number of allylic oxidation sites excluding steroid dienone is 13. The van der Waals surface area contributed by atoms with Crippen LogP contribution in [0.2, 0.25) is 0 Å². The summed E-state index contributed by atoms with van der Waals surface area (Å²) in [5.74, 6) is -0.176. The van der Waals surface area contributed by atoms with Gasteiger partial charge in [0, 0.05) is 6.42 Å². The number of aliphatic hydroxyl groups is 1. The lowest BCUT2D eigenvalue weighted by molar-refractivity contribution is -0.870. The van der Waals surface area contributed by atoms with Crippen LogP contribution in [0.4, 0.5) is 0 Å². The van der Waals surface area contributed by atoms with Gasteiger partial charge in [0.25, 0.3) is 0 Å². The van der Waals surface area contributed by atoms with E-state index in [1.807, 2.05) is 27.2 Å². The molecule has 1 amide bonds. The molecule has 0 saturated heterocycles. The normalized spacial score (nSPS) is 14.3. The summed E-state index contributed by atoms with van der Waals surface area (Å²) in [5, 5.41) is 14.0. The third-order valence-corrected chi connectivity index (χ3v) is 15.6. The van der Waals surface area contributed by atoms with E-state index in [0.29, 0.717) is 17.4 Å². The van der Waals surface area contributed by atoms with E-state index < -0.39 is 20.0 Å². The van der Waals surface area contributed by atoms with Crippen molar-refractivity contribution in [2.45, 2.75) is 309 Å². The van der Waals surface area contributed by atoms with Gasteiger partial charge in [0.15, 0.2) is 0 Å². The SMILES string of the molecule is CC/C=C\C/C=C\C/C=C\C/C=C\C/C=C\C/C=C\CCCCCCCCCCCCCCCCCCC(=O)NC(COP(=O)(O)OCC[N+](C)(C)C)C(O)/C=C/CCCCCCCCCCCCCCCCCCCCC. The van der Waals surface area contributed by atoms with E-state index in [0.717, 1.165) is 77.0 Å². The van der Waals surface area contributed by atoms with Crippen molar-refractivity contribution in [2.75, 3.05) is 40.9 Å². The van der Waals surface area contributed by atoms with Crippen molar-refractivity contribution in [3.8, 4) is 0 Å². The second-order valence-corrected chi connectivity index (χ2v) is 24.9. The van der Waals surface area contributed by atoms with Gasteiger partial charge in [0.1, 0.15) is 13.2 Å². The molecule has 3 atom stereocenters. The number of hydrogen-bond donors (Lipinski definition) is 3. The molecule has 0 aliphatic heterocycles. The lowest BCUT2D eigenvalue weighted by Crippen LogP contribution is -2.45. The van der Waals surface area contributed by atoms with Gasteiger partial charge in [-0.05, 0) is 70.6 Å². The number of phosphoric ester groups is 1. The maximum atomic E-state index is 13.0. The fourth-order valence-corrected chi connectivity index (χ4v) is 10.3. The van der Waals surface area contributed by atoms with E-state index in [2.05, 4.69) is 92.1 Å². The van der Waals surface area contributed by atoms with Crippen molar-refractivity contribution in [3.63, 3.8) is 0 Å². The Morgan fingerprint density at radius 1 is 0.449 bits per heavy atom. The fraction of sp³-hybridized carbons (Fsp3) is 0.783. The molecule has 3 unspecified atom stereocenters. The Bertz CT molecular complexity index is 1550. The number of amides is 1. The number of unbranched alkanes of at least 4 members (excludes halogenated alkanes) is 35. The van der Waals surface area contributed by atoms with E-state index in [-0.39, 0.29) is 19.1 Å². The molecule has 0 saturated carbocycles. The summed E-state index contributed by atoms with van der Waals surface area (Å²) < 4.78 is 23.8. The second kappa shape index (κ2) is 59.3. The number of nitrogens with zero attached hydrogens (tertiary/aromatic N) is 1. The number of hydrogen-bond acceptors (Lipinski definition) is 5. The topological polar surface area (TPSA) is 105 Å². The zero-order valence-corrected chi connectivity index (χ0v) is 52.8. The molecule has 0 rings (SSSR count). The summed E-state index contributed by atoms with van der Waals surface area (Å²) in [6, 6.07) is -0.851. The average molecular weight is 1110 g/mol. The van der Waals surface area contributed by atoms with E-state index in [9.17, 15) is 19.4 Å². The minimum atomic E-state index is -4.35. The van der Waals surface area contributed by atoms with E-state index in [1.54, 1.807) is 6.08 Å². The number of quaternary nitrogens is 1. The first-order valence-electron chi connectivity index (χ1n) is 33.0. The van der Waals surface area contributed by atoms with E-state index in [1.165, 1.54) is 199 Å². The number of rotatable bonds is 60. The minimum absolute atomic E-state index is 0.0602. The molecule has 0 aromatic rings. The van der Waals surface area contributed by atoms with Gasteiger partial charge in [0.05, 0.1) is 39.9 Å². The van der Waals surface area contributed by atoms with Gasteiger partial charge >= 0.3 is 7.82 Å². The first-order valence-corrected chi connectivity index (χ1v) is 34.5. The molecule has 0 aliphatic rings. The predicted molar refractivity (Wildman–Crippen MR) is 341 cm³/mol. The minimum Gasteiger partial charge on any atom is -0.387 e. The van der Waals surface area contributed by atoms with E-state index >= 15 is 0 Å². The van der Waals surface area contributed by atoms with Crippen molar-refractivity contribution in [3.05, 3.63) is 85.1 Å². The van der Waals surface area contributed by atoms with Crippen LogP contribution < -0.4 is 5.32 Å². The molecule has 8 nitrogen and oxygen atoms in total. The number of aliphatic hydroxyl groups excluding tert-OH is 1. The van der Waals surface area contributed by atoms with Crippen molar-refractivity contribution in [1.29, 1.82) is 0 Å². The van der Waals surface area contributed by atoms with Gasteiger partial charge < -0.3 is 19.8 Å². The van der Waals surface area contributed by atoms with Gasteiger partial charge in [-0.2, -0.15) is 0 Å². The Balaban J connectivity index is 4.08. The van der Waals surface area contributed by atoms with Crippen LogP contribution in [0.25, 0.3) is 0 Å². The van der Waals surface area contributed by atoms with Crippen LogP contribution in [-0.4, -0.2) is 73.4 Å². The molecule has 0 heterocycles. The molecule has 0 aliphatic carbocycles. The zero-order chi connectivity index (χ0) is 57.0. The van der Waals surface area contributed by atoms with Crippen LogP contribution in [0, 0.1) is 0 Å². The first kappa shape index (κ1) is 75.7. The predicted octanol–water partition coefficient (Wildman–Crippen LogP) is 20.8. The van der Waals surface area contributed by atoms with Crippen molar-refractivity contribution >= 4 is 13.7 Å². The van der Waals surface area contributed by atoms with Crippen LogP contribution in [0.1, 0.15) is 296 Å². The van der Waals surface area contributed by atoms with Crippen molar-refractivity contribution in [1.82, 2.24) is 5.32 Å². The Labute approximate surface area is 484 Å². The molecule has 454 valence electrons. The van der Waals surface area contributed by atoms with Gasteiger partial charge in [0.2, 0.25) is 5.91 Å². The summed E-state index contributed by atoms with van der Waals surface area (Å²) in [6.45, 7) is 4.73. The fourth-order valence-electron chi connectivity index (χ4n) is 9.52. The highest BCUT2D eigenvalue weighted by molar-refractivity contribution is 7.47. The van der Waals surface area contributed by atoms with Crippen molar-refractivity contribution in [2.24, 2.45) is 0 Å². The Kier molecular flexibility index (Phi) is 57.5. The number of phosphoric acid groups is 1. The second-order valence-electron chi connectivity index (χ2n) is 23.5. The molecule has 0 aromatic heterocycles. The van der Waals surface area contributed by atoms with E-state index in [4.69, 9.17) is 9.05 Å². The summed E-state index contributed by atoms with van der Waals surface area (Å²) >= 11 is 0. The third-order valence-electron chi connectivity index (χ3n) is 14.6. The van der Waals surface area contributed by atoms with Crippen LogP contribution in [0.3, 0.4) is 0 Å². The van der Waals surface area contributed by atoms with Crippen molar-refractivity contribution < 1.29 is 32.9 Å². The summed E-state index contributed by atoms with van der Waals surface area (Å²) in [5.41, 5.74) is 0. The van der Waals surface area contributed by atoms with Crippen LogP contribution in [0.5, 0.6) is 0 Å². The molecule has 0 aromatic carbocycles. The largest absolute Gasteiger partial charge is 0.472 e. The highest BCUT2D eigenvalue weighted by Gasteiger charge is 2.28. The van der Waals surface area contributed by atoms with Crippen LogP contribution in [0.15, 0.2) is 85.1 Å². The maximum absolute atomic E-state index is 13.0. The van der Waals surface area contributed by atoms with Crippen LogP contribution in [-0.2, 0) is 18.4 Å². The van der Waals surface area contributed by atoms with Gasteiger partial charge in [-0.15, -0.1) is 0 Å². The molecular weight excluding hydrogens is 984 g/mol. The standard InChI is InChI=1S/C69H127N2O6P/c1-6-8-10-12-14-16-18-20-22-24-26-28-29-30-31-32-33-34-35-36-37-38-39-40-41-43-45-47-49-51-53-55-57-59-61-63-69(73)70-67(66-77-78(74,75)76-65-64-71(3,4)5)68(72)62-60-58-56-54-52-50-48-46-44-42-27-25-23-21-19-17-15-13-11-9-7-2/h8,10,14,16,20,22,26,28,30-31,33-34,60,62,67-68,72H,6-7,9,11-13,15,17-19,21,23-25,27,29,32,35-59,61,63-66H2,1-5H3,(H-,70,73,74,75)/p+1/b10-8-,16-14-,22-20-,28-26-,31-30-,34-33-,62-60+. The zero-order valence-electron chi connectivity index (χ0n) is 51.9. The Morgan fingerprint density at radius 3 is 1.13 bits per heavy atom. The molecule has 78 heavy (non-hydrogen) atoms. The van der Waals surface area contributed by atoms with Gasteiger partial charge in [-0.1, -0.05) is 304 Å². The lowest BCUT2D eigenvalue weighted by Gasteiger charge is -2.25. The number of carbonyl (C=O) groups is 1. The number of carbonyl (C=O) groups excluding carboxylic acids is 1. The molecule has 0 radical (unpaired) electrons. The lowest BCUT2D eigenvalue weighted by atomic mass is 10.0. The van der Waals surface area contributed by atoms with Crippen LogP contribution >= 0.6 is 7.82 Å². The first-order chi connectivity index (χ1) is 38.0. The van der Waals surface area contributed by atoms with Gasteiger partial charge in [-0.25, -0.2) is 4.57 Å². The monoisotopic (exact) mass is 1110 g/mol. The molecule has 9 heteroatoms. The molecule has 0 bridgehead atoms. The summed E-state index contributed by atoms with van der Waals surface area (Å²) in [7, 11) is 1.58. The smallest absolute Gasteiger partial charge is 0.387 e. The quantitative estimate of drug-likeness (QED) is 0.0243. The molecular formula is C69H128N2O6P+. The molecule has 0 spiro atoms. The molecule has 0 fully saturated rings. The average Bonchev–Trinajstić information content (AvgIpc) is 3.41. The summed E-state index contributed by atoms with van der Waals surface area (Å²) in [4.78, 5) is 23.4. The Morgan fingerprint density at radius 2 is 0.769 bits per heavy atom. The third kappa shape index (κ3) is 61.3. The number of nitrogens with one attached hydrogen (secondary N) is 1.